The number of rotatable bonds is 4. The van der Waals surface area contributed by atoms with Gasteiger partial charge < -0.3 is 15.3 Å². The Morgan fingerprint density at radius 1 is 1.44 bits per heavy atom. The lowest BCUT2D eigenvalue weighted by Crippen LogP contribution is -2.20. The van der Waals surface area contributed by atoms with E-state index < -0.39 is 0 Å². The van der Waals surface area contributed by atoms with Gasteiger partial charge in [0.25, 0.3) is 0 Å². The highest BCUT2D eigenvalue weighted by atomic mass is 16.3. The molecule has 0 bridgehead atoms. The number of nitrogens with one attached hydrogen (secondary N) is 1. The molecule has 0 aromatic heterocycles. The number of aliphatic hydroxyl groups is 1. The molecule has 18 heavy (non-hydrogen) atoms. The summed E-state index contributed by atoms with van der Waals surface area (Å²) in [5, 5.41) is 12.6. The number of anilines is 2. The average Bonchev–Trinajstić information content (AvgIpc) is 3.11. The van der Waals surface area contributed by atoms with Gasteiger partial charge in [-0.15, -0.1) is 0 Å². The average molecular weight is 246 g/mol. The Kier molecular flexibility index (Phi) is 2.55. The first-order valence-electron chi connectivity index (χ1n) is 6.38. The first-order valence-corrected chi connectivity index (χ1v) is 6.38. The van der Waals surface area contributed by atoms with Crippen molar-refractivity contribution < 1.29 is 9.90 Å². The molecule has 1 fully saturated rings. The van der Waals surface area contributed by atoms with Gasteiger partial charge in [0.1, 0.15) is 0 Å². The molecule has 2 N–H and O–H groups in total. The summed E-state index contributed by atoms with van der Waals surface area (Å²) in [6.07, 6.45) is 2.69. The quantitative estimate of drug-likeness (QED) is 0.844. The van der Waals surface area contributed by atoms with Crippen molar-refractivity contribution in [3.63, 3.8) is 0 Å². The van der Waals surface area contributed by atoms with Crippen molar-refractivity contribution in [1.29, 1.82) is 0 Å². The van der Waals surface area contributed by atoms with E-state index in [0.717, 1.165) is 36.3 Å². The standard InChI is InChI=1S/C14H18N2O2/c1-16-12-3-2-11(6-10(12)7-13(16)18)15-8-14(9-17)4-5-14/h2-3,6,15,17H,4-5,7-9H2,1H3. The number of aliphatic hydroxyl groups excluding tert-OH is 1. The van der Waals surface area contributed by atoms with Crippen LogP contribution in [0.4, 0.5) is 11.4 Å². The number of hydrogen-bond donors (Lipinski definition) is 2. The lowest BCUT2D eigenvalue weighted by molar-refractivity contribution is -0.117. The van der Waals surface area contributed by atoms with Crippen LogP contribution in [0, 0.1) is 5.41 Å². The molecule has 0 atom stereocenters. The molecule has 1 aromatic carbocycles. The largest absolute Gasteiger partial charge is 0.396 e. The van der Waals surface area contributed by atoms with Crippen LogP contribution >= 0.6 is 0 Å². The third kappa shape index (κ3) is 1.86. The fourth-order valence-electron chi connectivity index (χ4n) is 2.44. The summed E-state index contributed by atoms with van der Waals surface area (Å²) in [5.41, 5.74) is 3.23. The van der Waals surface area contributed by atoms with Gasteiger partial charge in [0.15, 0.2) is 0 Å². The minimum absolute atomic E-state index is 0.103. The molecular weight excluding hydrogens is 228 g/mol. The Hall–Kier alpha value is -1.55. The fourth-order valence-corrected chi connectivity index (χ4v) is 2.44. The highest BCUT2D eigenvalue weighted by Gasteiger charge is 2.41. The molecule has 2 aliphatic rings. The van der Waals surface area contributed by atoms with Crippen LogP contribution in [0.25, 0.3) is 0 Å². The number of nitrogens with zero attached hydrogens (tertiary/aromatic N) is 1. The molecule has 1 saturated carbocycles. The van der Waals surface area contributed by atoms with Crippen molar-refractivity contribution in [3.8, 4) is 0 Å². The second-order valence-corrected chi connectivity index (χ2v) is 5.48. The summed E-state index contributed by atoms with van der Waals surface area (Å²) >= 11 is 0. The molecule has 1 heterocycles. The van der Waals surface area contributed by atoms with Gasteiger partial charge in [-0.05, 0) is 36.6 Å². The summed E-state index contributed by atoms with van der Waals surface area (Å²) in [5.74, 6) is 0.149. The molecule has 1 aromatic rings. The summed E-state index contributed by atoms with van der Waals surface area (Å²) < 4.78 is 0. The number of benzene rings is 1. The van der Waals surface area contributed by atoms with E-state index in [9.17, 15) is 9.90 Å². The van der Waals surface area contributed by atoms with Crippen LogP contribution in [-0.2, 0) is 11.2 Å². The van der Waals surface area contributed by atoms with Crippen molar-refractivity contribution in [2.24, 2.45) is 5.41 Å². The lowest BCUT2D eigenvalue weighted by Gasteiger charge is -2.15. The SMILES string of the molecule is CN1C(=O)Cc2cc(NCC3(CO)CC3)ccc21. The van der Waals surface area contributed by atoms with Crippen LogP contribution in [0.2, 0.25) is 0 Å². The predicted molar refractivity (Wildman–Crippen MR) is 70.8 cm³/mol. The molecule has 1 amide bonds. The normalized spacial score (nSPS) is 19.9. The maximum Gasteiger partial charge on any atom is 0.231 e. The maximum atomic E-state index is 11.6. The highest BCUT2D eigenvalue weighted by Crippen LogP contribution is 2.45. The van der Waals surface area contributed by atoms with Crippen LogP contribution in [0.1, 0.15) is 18.4 Å². The van der Waals surface area contributed by atoms with Crippen molar-refractivity contribution >= 4 is 17.3 Å². The van der Waals surface area contributed by atoms with Gasteiger partial charge in [-0.3, -0.25) is 4.79 Å². The summed E-state index contributed by atoms with van der Waals surface area (Å²) in [4.78, 5) is 13.3. The molecule has 0 radical (unpaired) electrons. The van der Waals surface area contributed by atoms with Crippen molar-refractivity contribution in [2.45, 2.75) is 19.3 Å². The number of fused-ring (bicyclic) bond motifs is 1. The molecule has 0 unspecified atom stereocenters. The summed E-state index contributed by atoms with van der Waals surface area (Å²) in [7, 11) is 1.81. The topological polar surface area (TPSA) is 52.6 Å². The minimum atomic E-state index is 0.103. The first kappa shape index (κ1) is 11.5. The van der Waals surface area contributed by atoms with Crippen LogP contribution in [0.15, 0.2) is 18.2 Å². The van der Waals surface area contributed by atoms with Gasteiger partial charge in [0.05, 0.1) is 13.0 Å². The number of amides is 1. The monoisotopic (exact) mass is 246 g/mol. The molecule has 1 aliphatic heterocycles. The molecule has 0 spiro atoms. The van der Waals surface area contributed by atoms with Gasteiger partial charge in [0.2, 0.25) is 5.91 Å². The van der Waals surface area contributed by atoms with E-state index in [1.165, 1.54) is 0 Å². The van der Waals surface area contributed by atoms with E-state index >= 15 is 0 Å². The van der Waals surface area contributed by atoms with Gasteiger partial charge in [-0.1, -0.05) is 0 Å². The first-order chi connectivity index (χ1) is 8.63. The Morgan fingerprint density at radius 2 is 2.22 bits per heavy atom. The lowest BCUT2D eigenvalue weighted by atomic mass is 10.1. The second-order valence-electron chi connectivity index (χ2n) is 5.48. The molecule has 1 aliphatic carbocycles. The molecule has 0 saturated heterocycles. The van der Waals surface area contributed by atoms with Crippen LogP contribution in [-0.4, -0.2) is 31.2 Å². The van der Waals surface area contributed by atoms with E-state index in [-0.39, 0.29) is 17.9 Å². The van der Waals surface area contributed by atoms with Gasteiger partial charge in [-0.25, -0.2) is 0 Å². The van der Waals surface area contributed by atoms with E-state index in [0.29, 0.717) is 6.42 Å². The Balaban J connectivity index is 1.72. The van der Waals surface area contributed by atoms with Crippen molar-refractivity contribution in [3.05, 3.63) is 23.8 Å². The third-order valence-electron chi connectivity index (χ3n) is 4.12. The summed E-state index contributed by atoms with van der Waals surface area (Å²) in [6.45, 7) is 1.07. The van der Waals surface area contributed by atoms with Crippen molar-refractivity contribution in [2.75, 3.05) is 30.4 Å². The van der Waals surface area contributed by atoms with Crippen LogP contribution < -0.4 is 10.2 Å². The van der Waals surface area contributed by atoms with E-state index in [1.807, 2.05) is 25.2 Å². The predicted octanol–water partition coefficient (Wildman–Crippen LogP) is 1.39. The Labute approximate surface area is 107 Å². The number of hydrogen-bond acceptors (Lipinski definition) is 3. The van der Waals surface area contributed by atoms with Crippen molar-refractivity contribution in [1.82, 2.24) is 0 Å². The van der Waals surface area contributed by atoms with Gasteiger partial charge in [-0.2, -0.15) is 0 Å². The van der Waals surface area contributed by atoms with E-state index in [1.54, 1.807) is 4.90 Å². The zero-order chi connectivity index (χ0) is 12.8. The number of likely N-dealkylation sites (N-methyl/N-ethyl adjacent to an activating group) is 1. The van der Waals surface area contributed by atoms with Crippen LogP contribution in [0.5, 0.6) is 0 Å². The second kappa shape index (κ2) is 3.99. The van der Waals surface area contributed by atoms with Gasteiger partial charge >= 0.3 is 0 Å². The Morgan fingerprint density at radius 3 is 2.89 bits per heavy atom. The van der Waals surface area contributed by atoms with E-state index in [2.05, 4.69) is 5.32 Å². The summed E-state index contributed by atoms with van der Waals surface area (Å²) in [6, 6.07) is 6.03. The number of carbonyl (C=O) groups is 1. The Bertz CT molecular complexity index is 495. The molecule has 3 rings (SSSR count). The zero-order valence-electron chi connectivity index (χ0n) is 10.6. The van der Waals surface area contributed by atoms with Crippen LogP contribution in [0.3, 0.4) is 0 Å². The molecule has 4 nitrogen and oxygen atoms in total. The number of carbonyl (C=O) groups excluding carboxylic acids is 1. The molecular formula is C14H18N2O2. The van der Waals surface area contributed by atoms with Gasteiger partial charge in [0, 0.05) is 30.4 Å². The van der Waals surface area contributed by atoms with E-state index in [4.69, 9.17) is 0 Å². The zero-order valence-corrected chi connectivity index (χ0v) is 10.6. The highest BCUT2D eigenvalue weighted by molar-refractivity contribution is 6.01. The maximum absolute atomic E-state index is 11.6. The smallest absolute Gasteiger partial charge is 0.231 e. The molecule has 96 valence electrons. The fraction of sp³-hybridized carbons (Fsp3) is 0.500. The minimum Gasteiger partial charge on any atom is -0.396 e. The third-order valence-corrected chi connectivity index (χ3v) is 4.12. The molecule has 4 heteroatoms.